The van der Waals surface area contributed by atoms with Crippen molar-refractivity contribution in [2.75, 3.05) is 41.7 Å². The number of urea groups is 1. The highest BCUT2D eigenvalue weighted by molar-refractivity contribution is 7.22. The number of thiazole rings is 1. The Balaban J connectivity index is 1.53. The van der Waals surface area contributed by atoms with Crippen LogP contribution in [-0.4, -0.2) is 53.8 Å². The van der Waals surface area contributed by atoms with Crippen LogP contribution in [0.2, 0.25) is 5.02 Å². The molecule has 1 aliphatic rings. The molecule has 4 rings (SSSR count). The van der Waals surface area contributed by atoms with Crippen LogP contribution < -0.4 is 15.5 Å². The Hall–Kier alpha value is -2.88. The number of ether oxygens (including phenoxy) is 1. The first-order chi connectivity index (χ1) is 17.2. The summed E-state index contributed by atoms with van der Waals surface area (Å²) in [5.41, 5.74) is 1.51. The lowest BCUT2D eigenvalue weighted by atomic mass is 10.1. The van der Waals surface area contributed by atoms with Crippen molar-refractivity contribution in [3.05, 3.63) is 47.5 Å². The van der Waals surface area contributed by atoms with E-state index in [4.69, 9.17) is 16.3 Å². The molecule has 0 bridgehead atoms. The fourth-order valence-electron chi connectivity index (χ4n) is 4.02. The van der Waals surface area contributed by atoms with Crippen LogP contribution in [0.1, 0.15) is 40.0 Å². The third kappa shape index (κ3) is 7.32. The monoisotopic (exact) mass is 529 g/mol. The number of piperidine rings is 1. The second-order valence-corrected chi connectivity index (χ2v) is 11.3. The van der Waals surface area contributed by atoms with Crippen molar-refractivity contribution in [3.63, 3.8) is 0 Å². The number of aromatic nitrogens is 1. The van der Waals surface area contributed by atoms with Crippen LogP contribution in [0.5, 0.6) is 0 Å². The summed E-state index contributed by atoms with van der Waals surface area (Å²) in [7, 11) is 0. The summed E-state index contributed by atoms with van der Waals surface area (Å²) in [5, 5.41) is 6.73. The summed E-state index contributed by atoms with van der Waals surface area (Å²) >= 11 is 7.35. The molecule has 36 heavy (non-hydrogen) atoms. The molecular formula is C26H32ClN5O3S. The van der Waals surface area contributed by atoms with Gasteiger partial charge in [0.05, 0.1) is 10.2 Å². The highest BCUT2D eigenvalue weighted by Gasteiger charge is 2.21. The summed E-state index contributed by atoms with van der Waals surface area (Å²) in [5.74, 6) is 0. The molecule has 0 atom stereocenters. The van der Waals surface area contributed by atoms with E-state index >= 15 is 0 Å². The number of fused-ring (bicyclic) bond motifs is 1. The Bertz CT molecular complexity index is 1200. The minimum atomic E-state index is -0.597. The van der Waals surface area contributed by atoms with Gasteiger partial charge in [-0.1, -0.05) is 29.4 Å². The van der Waals surface area contributed by atoms with Gasteiger partial charge in [-0.15, -0.1) is 0 Å². The third-order valence-electron chi connectivity index (χ3n) is 5.72. The summed E-state index contributed by atoms with van der Waals surface area (Å²) < 4.78 is 6.23. The second kappa shape index (κ2) is 11.5. The largest absolute Gasteiger partial charge is 0.444 e. The molecular weight excluding hydrogens is 498 g/mol. The number of nitrogens with one attached hydrogen (secondary N) is 2. The lowest BCUT2D eigenvalue weighted by Gasteiger charge is -2.30. The Morgan fingerprint density at radius 1 is 1.08 bits per heavy atom. The molecule has 3 aromatic rings. The van der Waals surface area contributed by atoms with Crippen LogP contribution in [0.4, 0.5) is 26.1 Å². The molecule has 2 heterocycles. The van der Waals surface area contributed by atoms with Crippen LogP contribution in [0, 0.1) is 0 Å². The van der Waals surface area contributed by atoms with Gasteiger partial charge in [0.25, 0.3) is 0 Å². The van der Waals surface area contributed by atoms with Crippen molar-refractivity contribution < 1.29 is 14.3 Å². The van der Waals surface area contributed by atoms with Crippen LogP contribution >= 0.6 is 22.9 Å². The fourth-order valence-corrected chi connectivity index (χ4v) is 4.98. The summed E-state index contributed by atoms with van der Waals surface area (Å²) in [6, 6.07) is 12.5. The number of hydrogen-bond acceptors (Lipinski definition) is 6. The maximum absolute atomic E-state index is 13.4. The smallest absolute Gasteiger partial charge is 0.413 e. The lowest BCUT2D eigenvalue weighted by molar-refractivity contribution is 0.0636. The first-order valence-electron chi connectivity index (χ1n) is 12.1. The van der Waals surface area contributed by atoms with E-state index in [9.17, 15) is 9.59 Å². The predicted molar refractivity (Wildman–Crippen MR) is 148 cm³/mol. The van der Waals surface area contributed by atoms with E-state index in [0.717, 1.165) is 30.0 Å². The number of anilines is 3. The zero-order valence-corrected chi connectivity index (χ0v) is 22.4. The molecule has 2 aromatic carbocycles. The molecule has 1 aromatic heterocycles. The van der Waals surface area contributed by atoms with Crippen molar-refractivity contribution >= 4 is 61.8 Å². The molecule has 10 heteroatoms. The van der Waals surface area contributed by atoms with E-state index in [2.05, 4.69) is 20.5 Å². The highest BCUT2D eigenvalue weighted by Crippen LogP contribution is 2.30. The fraction of sp³-hybridized carbons (Fsp3) is 0.423. The SMILES string of the molecule is CC(C)(C)OC(=O)Nc1nc2cc(N(CCN3CCCCC3)C(=O)Nc3ccc(Cl)cc3)ccc2s1. The van der Waals surface area contributed by atoms with Crippen LogP contribution in [0.3, 0.4) is 0 Å². The van der Waals surface area contributed by atoms with Gasteiger partial charge in [0.15, 0.2) is 5.13 Å². The zero-order valence-electron chi connectivity index (χ0n) is 20.8. The number of carbonyl (C=O) groups excluding carboxylic acids is 2. The average molecular weight is 530 g/mol. The van der Waals surface area contributed by atoms with Gasteiger partial charge in [0.2, 0.25) is 0 Å². The third-order valence-corrected chi connectivity index (χ3v) is 6.92. The number of rotatable bonds is 6. The van der Waals surface area contributed by atoms with Gasteiger partial charge in [0, 0.05) is 29.5 Å². The highest BCUT2D eigenvalue weighted by atomic mass is 35.5. The average Bonchev–Trinajstić information content (AvgIpc) is 3.21. The van der Waals surface area contributed by atoms with Gasteiger partial charge in [-0.05, 0) is 89.2 Å². The molecule has 0 radical (unpaired) electrons. The van der Waals surface area contributed by atoms with Crippen LogP contribution in [0.15, 0.2) is 42.5 Å². The van der Waals surface area contributed by atoms with Crippen LogP contribution in [-0.2, 0) is 4.74 Å². The molecule has 1 saturated heterocycles. The van der Waals surface area contributed by atoms with E-state index < -0.39 is 11.7 Å². The molecule has 2 N–H and O–H groups in total. The number of amides is 3. The first kappa shape index (κ1) is 26.2. The number of benzene rings is 2. The second-order valence-electron chi connectivity index (χ2n) is 9.79. The molecule has 192 valence electrons. The number of nitrogens with zero attached hydrogens (tertiary/aromatic N) is 3. The Morgan fingerprint density at radius 3 is 2.50 bits per heavy atom. The van der Waals surface area contributed by atoms with Gasteiger partial charge in [-0.3, -0.25) is 10.2 Å². The first-order valence-corrected chi connectivity index (χ1v) is 13.3. The number of likely N-dealkylation sites (tertiary alicyclic amines) is 1. The zero-order chi connectivity index (χ0) is 25.7. The predicted octanol–water partition coefficient (Wildman–Crippen LogP) is 6.82. The molecule has 1 fully saturated rings. The van der Waals surface area contributed by atoms with Crippen molar-refractivity contribution in [2.24, 2.45) is 0 Å². The van der Waals surface area contributed by atoms with E-state index in [1.165, 1.54) is 30.6 Å². The Morgan fingerprint density at radius 2 is 1.81 bits per heavy atom. The molecule has 8 nitrogen and oxygen atoms in total. The van der Waals surface area contributed by atoms with E-state index in [1.54, 1.807) is 29.2 Å². The standard InChI is InChI=1S/C26H32ClN5O3S/c1-26(2,3)35-25(34)30-23-29-21-17-20(11-12-22(21)36-23)32(16-15-31-13-5-4-6-14-31)24(33)28-19-9-7-18(27)8-10-19/h7-12,17H,4-6,13-16H2,1-3H3,(H,28,33)(H,29,30,34). The Kier molecular flexibility index (Phi) is 8.33. The van der Waals surface area contributed by atoms with Crippen molar-refractivity contribution in [1.29, 1.82) is 0 Å². The number of carbonyl (C=O) groups is 2. The quantitative estimate of drug-likeness (QED) is 0.366. The van der Waals surface area contributed by atoms with E-state index in [-0.39, 0.29) is 6.03 Å². The minimum Gasteiger partial charge on any atom is -0.444 e. The molecule has 0 unspecified atom stereocenters. The van der Waals surface area contributed by atoms with Gasteiger partial charge < -0.3 is 15.0 Å². The van der Waals surface area contributed by atoms with Gasteiger partial charge in [-0.25, -0.2) is 14.6 Å². The Labute approximate surface area is 220 Å². The minimum absolute atomic E-state index is 0.226. The lowest BCUT2D eigenvalue weighted by Crippen LogP contribution is -2.42. The maximum Gasteiger partial charge on any atom is 0.413 e. The summed E-state index contributed by atoms with van der Waals surface area (Å²) in [4.78, 5) is 34.2. The van der Waals surface area contributed by atoms with Crippen molar-refractivity contribution in [3.8, 4) is 0 Å². The molecule has 0 saturated carbocycles. The topological polar surface area (TPSA) is 86.8 Å². The molecule has 0 aliphatic carbocycles. The van der Waals surface area contributed by atoms with Gasteiger partial charge in [-0.2, -0.15) is 0 Å². The van der Waals surface area contributed by atoms with Gasteiger partial charge >= 0.3 is 12.1 Å². The molecule has 1 aliphatic heterocycles. The van der Waals surface area contributed by atoms with Crippen molar-refractivity contribution in [2.45, 2.75) is 45.6 Å². The van der Waals surface area contributed by atoms with E-state index in [1.807, 2.05) is 39.0 Å². The summed E-state index contributed by atoms with van der Waals surface area (Å²) in [6.07, 6.45) is 3.09. The number of hydrogen-bond donors (Lipinski definition) is 2. The molecule has 0 spiro atoms. The van der Waals surface area contributed by atoms with E-state index in [0.29, 0.717) is 27.9 Å². The maximum atomic E-state index is 13.4. The van der Waals surface area contributed by atoms with Crippen LogP contribution in [0.25, 0.3) is 10.2 Å². The van der Waals surface area contributed by atoms with Gasteiger partial charge in [0.1, 0.15) is 5.60 Å². The number of halogens is 1. The summed E-state index contributed by atoms with van der Waals surface area (Å²) in [6.45, 7) is 8.86. The normalized spacial score (nSPS) is 14.4. The molecule has 3 amide bonds. The van der Waals surface area contributed by atoms with Crippen molar-refractivity contribution in [1.82, 2.24) is 9.88 Å².